The number of thioether (sulfide) groups is 1. The highest BCUT2D eigenvalue weighted by Crippen LogP contribution is 2.67. The van der Waals surface area contributed by atoms with Gasteiger partial charge in [-0.1, -0.05) is 48.5 Å². The van der Waals surface area contributed by atoms with E-state index in [-0.39, 0.29) is 29.6 Å². The van der Waals surface area contributed by atoms with Crippen LogP contribution in [0.25, 0.3) is 0 Å². The number of aliphatic hydroxyl groups excluding tert-OH is 1. The van der Waals surface area contributed by atoms with Crippen LogP contribution in [0.2, 0.25) is 0 Å². The molecule has 40 heavy (non-hydrogen) atoms. The number of ether oxygens (including phenoxy) is 1. The van der Waals surface area contributed by atoms with Crippen molar-refractivity contribution in [1.82, 2.24) is 15.1 Å². The summed E-state index contributed by atoms with van der Waals surface area (Å²) in [6, 6.07) is 17.2. The Bertz CT molecular complexity index is 1230. The van der Waals surface area contributed by atoms with E-state index in [0.29, 0.717) is 38.4 Å². The molecule has 4 fully saturated rings. The van der Waals surface area contributed by atoms with E-state index in [1.54, 1.807) is 16.7 Å². The number of hydrogen-bond acceptors (Lipinski definition) is 7. The van der Waals surface area contributed by atoms with Crippen LogP contribution < -0.4 is 10.6 Å². The summed E-state index contributed by atoms with van der Waals surface area (Å²) in [5.74, 6) is -1.80. The van der Waals surface area contributed by atoms with E-state index in [1.807, 2.05) is 60.7 Å². The quantitative estimate of drug-likeness (QED) is 0.427. The Balaban J connectivity index is 1.30. The van der Waals surface area contributed by atoms with Gasteiger partial charge in [-0.25, -0.2) is 0 Å². The van der Waals surface area contributed by atoms with Gasteiger partial charge in [-0.15, -0.1) is 11.8 Å². The van der Waals surface area contributed by atoms with Gasteiger partial charge in [0.15, 0.2) is 0 Å². The summed E-state index contributed by atoms with van der Waals surface area (Å²) >= 11 is 1.63. The van der Waals surface area contributed by atoms with Crippen molar-refractivity contribution in [1.29, 1.82) is 0 Å². The van der Waals surface area contributed by atoms with Crippen LogP contribution in [0.5, 0.6) is 0 Å². The smallest absolute Gasteiger partial charge is 0.244 e. The molecule has 0 aliphatic carbocycles. The molecule has 6 rings (SSSR count). The molecule has 9 nitrogen and oxygen atoms in total. The number of para-hydroxylation sites is 1. The summed E-state index contributed by atoms with van der Waals surface area (Å²) in [6.07, 6.45) is 1.45. The van der Waals surface area contributed by atoms with Gasteiger partial charge >= 0.3 is 0 Å². The largest absolute Gasteiger partial charge is 0.394 e. The fourth-order valence-electron chi connectivity index (χ4n) is 7.06. The molecule has 10 heteroatoms. The lowest BCUT2D eigenvalue weighted by Gasteiger charge is -2.37. The fourth-order valence-corrected chi connectivity index (χ4v) is 9.27. The summed E-state index contributed by atoms with van der Waals surface area (Å²) < 4.78 is 4.71. The van der Waals surface area contributed by atoms with E-state index in [9.17, 15) is 19.5 Å². The average Bonchev–Trinajstić information content (AvgIpc) is 3.63. The Morgan fingerprint density at radius 3 is 2.45 bits per heavy atom. The third-order valence-electron chi connectivity index (χ3n) is 8.85. The number of nitrogens with zero attached hydrogens (tertiary/aromatic N) is 2. The van der Waals surface area contributed by atoms with Gasteiger partial charge in [0.25, 0.3) is 0 Å². The second kappa shape index (κ2) is 11.5. The fraction of sp³-hybridized carbons (Fsp3) is 0.500. The number of amides is 3. The first-order valence-corrected chi connectivity index (χ1v) is 15.0. The number of rotatable bonds is 9. The minimum absolute atomic E-state index is 0.0345. The molecular weight excluding hydrogens is 528 g/mol. The van der Waals surface area contributed by atoms with E-state index < -0.39 is 28.7 Å². The van der Waals surface area contributed by atoms with Crippen LogP contribution in [-0.2, 0) is 19.1 Å². The topological polar surface area (TPSA) is 111 Å². The van der Waals surface area contributed by atoms with Gasteiger partial charge in [0.1, 0.15) is 6.04 Å². The number of morpholine rings is 1. The van der Waals surface area contributed by atoms with Crippen LogP contribution in [0.4, 0.5) is 5.69 Å². The van der Waals surface area contributed by atoms with Crippen molar-refractivity contribution in [3.8, 4) is 0 Å². The summed E-state index contributed by atoms with van der Waals surface area (Å²) in [5, 5.41) is 16.7. The highest BCUT2D eigenvalue weighted by atomic mass is 32.2. The predicted octanol–water partition coefficient (Wildman–Crippen LogP) is 1.90. The van der Waals surface area contributed by atoms with Crippen LogP contribution >= 0.6 is 11.8 Å². The third-order valence-corrected chi connectivity index (χ3v) is 10.8. The number of anilines is 1. The minimum atomic E-state index is -0.781. The average molecular weight is 565 g/mol. The molecule has 2 aromatic carbocycles. The van der Waals surface area contributed by atoms with Gasteiger partial charge in [0.2, 0.25) is 17.7 Å². The first-order chi connectivity index (χ1) is 19.5. The molecule has 4 saturated heterocycles. The number of fused-ring (bicyclic) bond motifs is 1. The monoisotopic (exact) mass is 564 g/mol. The molecule has 2 unspecified atom stereocenters. The maximum absolute atomic E-state index is 14.4. The first-order valence-electron chi connectivity index (χ1n) is 14.1. The van der Waals surface area contributed by atoms with Crippen LogP contribution in [0.15, 0.2) is 60.7 Å². The number of nitrogens with one attached hydrogen (secondary N) is 2. The van der Waals surface area contributed by atoms with Crippen molar-refractivity contribution >= 4 is 35.2 Å². The zero-order valence-corrected chi connectivity index (χ0v) is 23.2. The van der Waals surface area contributed by atoms with Crippen molar-refractivity contribution in [2.45, 2.75) is 34.9 Å². The lowest BCUT2D eigenvalue weighted by molar-refractivity contribution is -0.142. The zero-order valence-electron chi connectivity index (χ0n) is 22.4. The normalized spacial score (nSPS) is 30.2. The van der Waals surface area contributed by atoms with Gasteiger partial charge in [0.05, 0.1) is 42.4 Å². The van der Waals surface area contributed by atoms with Gasteiger partial charge in [-0.2, -0.15) is 0 Å². The lowest BCUT2D eigenvalue weighted by Crippen LogP contribution is -2.55. The Hall–Kier alpha value is -2.92. The third kappa shape index (κ3) is 4.81. The molecule has 4 aliphatic rings. The molecular formula is C30H36N4O5S. The van der Waals surface area contributed by atoms with Crippen LogP contribution in [-0.4, -0.2) is 94.7 Å². The molecule has 0 saturated carbocycles. The van der Waals surface area contributed by atoms with E-state index in [0.717, 1.165) is 25.1 Å². The standard InChI is InChI=1S/C30H36N4O5S/c35-19-22(20-7-3-1-4-8-20)34-26(28(37)31-13-14-33-15-17-39-18-16-33)30-12-11-23(40-30)24(25(30)29(34)38)27(36)32-21-9-5-2-6-10-21/h1-10,22-26,35H,11-19H2,(H,31,37)(H,32,36)/t22-,23+,24-,25+,26?,30?/m1/s1. The van der Waals surface area contributed by atoms with Crippen molar-refractivity contribution in [2.75, 3.05) is 51.3 Å². The Morgan fingerprint density at radius 2 is 1.75 bits per heavy atom. The number of aliphatic hydroxyl groups is 1. The van der Waals surface area contributed by atoms with E-state index in [4.69, 9.17) is 4.74 Å². The first kappa shape index (κ1) is 27.3. The molecule has 0 aromatic heterocycles. The van der Waals surface area contributed by atoms with Crippen molar-refractivity contribution in [3.05, 3.63) is 66.2 Å². The number of benzene rings is 2. The Kier molecular flexibility index (Phi) is 7.85. The highest BCUT2D eigenvalue weighted by Gasteiger charge is 2.74. The zero-order chi connectivity index (χ0) is 27.7. The minimum Gasteiger partial charge on any atom is -0.394 e. The maximum atomic E-state index is 14.4. The second-order valence-corrected chi connectivity index (χ2v) is 12.6. The molecule has 0 radical (unpaired) electrons. The van der Waals surface area contributed by atoms with E-state index >= 15 is 0 Å². The molecule has 6 atom stereocenters. The second-order valence-electron chi connectivity index (χ2n) is 11.0. The van der Waals surface area contributed by atoms with Gasteiger partial charge in [-0.05, 0) is 30.5 Å². The van der Waals surface area contributed by atoms with Crippen molar-refractivity contribution in [2.24, 2.45) is 11.8 Å². The van der Waals surface area contributed by atoms with Crippen LogP contribution in [0.3, 0.4) is 0 Å². The number of likely N-dealkylation sites (tertiary alicyclic amines) is 1. The van der Waals surface area contributed by atoms with Gasteiger partial charge < -0.3 is 25.4 Å². The molecule has 1 spiro atoms. The highest BCUT2D eigenvalue weighted by molar-refractivity contribution is 8.02. The number of carbonyl (C=O) groups excluding carboxylic acids is 3. The Labute approximate surface area is 238 Å². The lowest BCUT2D eigenvalue weighted by atomic mass is 9.70. The molecule has 4 heterocycles. The summed E-state index contributed by atoms with van der Waals surface area (Å²) in [7, 11) is 0. The van der Waals surface area contributed by atoms with E-state index in [1.165, 1.54) is 0 Å². The van der Waals surface area contributed by atoms with Crippen LogP contribution in [0.1, 0.15) is 24.4 Å². The van der Waals surface area contributed by atoms with Crippen molar-refractivity contribution < 1.29 is 24.2 Å². The van der Waals surface area contributed by atoms with Gasteiger partial charge in [0, 0.05) is 37.1 Å². The van der Waals surface area contributed by atoms with E-state index in [2.05, 4.69) is 15.5 Å². The SMILES string of the molecule is O=C(NCCN1CCOCC1)C1N([C@H](CO)c2ccccc2)C(=O)[C@@H]2[C@H](C(=O)Nc3ccccc3)[C@@H]3CCC12S3. The summed E-state index contributed by atoms with van der Waals surface area (Å²) in [6.45, 7) is 3.86. The molecule has 212 valence electrons. The molecule has 3 amide bonds. The molecule has 2 bridgehead atoms. The molecule has 3 N–H and O–H groups in total. The Morgan fingerprint density at radius 1 is 1.05 bits per heavy atom. The van der Waals surface area contributed by atoms with Crippen LogP contribution in [0, 0.1) is 11.8 Å². The summed E-state index contributed by atoms with van der Waals surface area (Å²) in [4.78, 5) is 45.9. The molecule has 4 aliphatic heterocycles. The summed E-state index contributed by atoms with van der Waals surface area (Å²) in [5.41, 5.74) is 1.46. The maximum Gasteiger partial charge on any atom is 0.244 e. The predicted molar refractivity (Wildman–Crippen MR) is 153 cm³/mol. The number of carbonyl (C=O) groups is 3. The number of hydrogen-bond donors (Lipinski definition) is 3. The van der Waals surface area contributed by atoms with Gasteiger partial charge in [-0.3, -0.25) is 19.3 Å². The molecule has 2 aromatic rings. The van der Waals surface area contributed by atoms with Crippen molar-refractivity contribution in [3.63, 3.8) is 0 Å².